The number of nitrogens with two attached hydrogens (primary N) is 1. The summed E-state index contributed by atoms with van der Waals surface area (Å²) in [5, 5.41) is 0. The number of carbonyl (C=O) groups is 1. The van der Waals surface area contributed by atoms with E-state index in [4.69, 9.17) is 10.2 Å². The average molecular weight is 375 g/mol. The van der Waals surface area contributed by atoms with Crippen LogP contribution in [-0.2, 0) is 32.2 Å². The molecule has 1 aliphatic heterocycles. The van der Waals surface area contributed by atoms with Crippen LogP contribution in [-0.4, -0.2) is 28.9 Å². The quantitative estimate of drug-likeness (QED) is 0.718. The zero-order chi connectivity index (χ0) is 19.3. The summed E-state index contributed by atoms with van der Waals surface area (Å²) in [7, 11) is 0. The molecule has 144 valence electrons. The highest BCUT2D eigenvalue weighted by molar-refractivity contribution is 5.94. The van der Waals surface area contributed by atoms with Gasteiger partial charge in [-0.05, 0) is 42.6 Å². The highest BCUT2D eigenvalue weighted by Gasteiger charge is 2.26. The molecule has 2 heterocycles. The molecule has 5 nitrogen and oxygen atoms in total. The van der Waals surface area contributed by atoms with Crippen LogP contribution in [0.1, 0.15) is 38.8 Å². The van der Waals surface area contributed by atoms with Gasteiger partial charge in [-0.3, -0.25) is 4.79 Å². The van der Waals surface area contributed by atoms with Crippen LogP contribution in [0.15, 0.2) is 59.0 Å². The van der Waals surface area contributed by atoms with E-state index in [0.29, 0.717) is 31.6 Å². The zero-order valence-corrected chi connectivity index (χ0v) is 15.9. The second kappa shape index (κ2) is 8.40. The molecule has 2 aromatic carbocycles. The number of hydrogen-bond donors (Lipinski definition) is 1. The van der Waals surface area contributed by atoms with Gasteiger partial charge in [0.25, 0.3) is 5.91 Å². The number of oxazole rings is 1. The molecule has 0 bridgehead atoms. The van der Waals surface area contributed by atoms with Crippen LogP contribution in [0.4, 0.5) is 0 Å². The van der Waals surface area contributed by atoms with Crippen LogP contribution in [0.3, 0.4) is 0 Å². The fraction of sp³-hybridized carbons (Fsp3) is 0.304. The molecule has 28 heavy (non-hydrogen) atoms. The predicted molar refractivity (Wildman–Crippen MR) is 108 cm³/mol. The Morgan fingerprint density at radius 2 is 1.75 bits per heavy atom. The van der Waals surface area contributed by atoms with E-state index in [9.17, 15) is 4.79 Å². The van der Waals surface area contributed by atoms with E-state index in [-0.39, 0.29) is 5.91 Å². The summed E-state index contributed by atoms with van der Waals surface area (Å²) in [4.78, 5) is 19.3. The molecule has 1 aromatic heterocycles. The van der Waals surface area contributed by atoms with Crippen LogP contribution in [0.25, 0.3) is 0 Å². The van der Waals surface area contributed by atoms with Crippen molar-refractivity contribution < 1.29 is 9.21 Å². The summed E-state index contributed by atoms with van der Waals surface area (Å²) in [6.45, 7) is 1.78. The van der Waals surface area contributed by atoms with Crippen molar-refractivity contribution in [3.05, 3.63) is 88.6 Å². The molecule has 2 N–H and O–H groups in total. The Morgan fingerprint density at radius 3 is 2.50 bits per heavy atom. The molecule has 0 fully saturated rings. The van der Waals surface area contributed by atoms with Gasteiger partial charge in [0.15, 0.2) is 5.89 Å². The third-order valence-corrected chi connectivity index (χ3v) is 5.16. The van der Waals surface area contributed by atoms with Gasteiger partial charge in [0.05, 0.1) is 6.54 Å². The summed E-state index contributed by atoms with van der Waals surface area (Å²) in [6.07, 6.45) is 3.21. The van der Waals surface area contributed by atoms with Gasteiger partial charge >= 0.3 is 0 Å². The largest absolute Gasteiger partial charge is 0.445 e. The SMILES string of the molecule is NCCc1ccc(C(=O)N2CCc3oc(CCc4ccccc4)nc3C2)cc1. The highest BCUT2D eigenvalue weighted by atomic mass is 16.4. The van der Waals surface area contributed by atoms with Gasteiger partial charge in [0.1, 0.15) is 11.5 Å². The van der Waals surface area contributed by atoms with Crippen molar-refractivity contribution in [2.24, 2.45) is 5.73 Å². The molecule has 0 radical (unpaired) electrons. The topological polar surface area (TPSA) is 72.4 Å². The van der Waals surface area contributed by atoms with Crippen molar-refractivity contribution in [3.63, 3.8) is 0 Å². The number of amides is 1. The monoisotopic (exact) mass is 375 g/mol. The summed E-state index contributed by atoms with van der Waals surface area (Å²) in [5.74, 6) is 1.72. The third kappa shape index (κ3) is 4.15. The van der Waals surface area contributed by atoms with Gasteiger partial charge in [0.2, 0.25) is 0 Å². The molecule has 1 aliphatic rings. The Kier molecular flexibility index (Phi) is 5.53. The van der Waals surface area contributed by atoms with E-state index in [1.165, 1.54) is 5.56 Å². The van der Waals surface area contributed by atoms with Gasteiger partial charge in [-0.2, -0.15) is 0 Å². The highest BCUT2D eigenvalue weighted by Crippen LogP contribution is 2.22. The van der Waals surface area contributed by atoms with Crippen LogP contribution < -0.4 is 5.73 Å². The van der Waals surface area contributed by atoms with Crippen molar-refractivity contribution in [1.29, 1.82) is 0 Å². The maximum absolute atomic E-state index is 12.8. The van der Waals surface area contributed by atoms with E-state index in [1.54, 1.807) is 0 Å². The molecule has 0 atom stereocenters. The van der Waals surface area contributed by atoms with E-state index < -0.39 is 0 Å². The maximum Gasteiger partial charge on any atom is 0.254 e. The molecular formula is C23H25N3O2. The van der Waals surface area contributed by atoms with Gasteiger partial charge in [0, 0.05) is 24.9 Å². The molecular weight excluding hydrogens is 350 g/mol. The van der Waals surface area contributed by atoms with Crippen molar-refractivity contribution in [1.82, 2.24) is 9.88 Å². The zero-order valence-electron chi connectivity index (χ0n) is 15.9. The maximum atomic E-state index is 12.8. The molecule has 0 saturated heterocycles. The lowest BCUT2D eigenvalue weighted by Crippen LogP contribution is -2.35. The number of nitrogens with zero attached hydrogens (tertiary/aromatic N) is 2. The molecule has 0 saturated carbocycles. The average Bonchev–Trinajstić information content (AvgIpc) is 3.15. The number of aromatic nitrogens is 1. The second-order valence-corrected chi connectivity index (χ2v) is 7.18. The molecule has 4 rings (SSSR count). The Hall–Kier alpha value is -2.92. The van der Waals surface area contributed by atoms with Gasteiger partial charge in [-0.15, -0.1) is 0 Å². The lowest BCUT2D eigenvalue weighted by atomic mass is 10.1. The van der Waals surface area contributed by atoms with Crippen molar-refractivity contribution in [2.75, 3.05) is 13.1 Å². The third-order valence-electron chi connectivity index (χ3n) is 5.16. The van der Waals surface area contributed by atoms with Crippen LogP contribution in [0, 0.1) is 0 Å². The van der Waals surface area contributed by atoms with Crippen LogP contribution in [0.2, 0.25) is 0 Å². The van der Waals surface area contributed by atoms with Crippen molar-refractivity contribution in [2.45, 2.75) is 32.2 Å². The second-order valence-electron chi connectivity index (χ2n) is 7.18. The minimum Gasteiger partial charge on any atom is -0.445 e. The minimum atomic E-state index is 0.0405. The van der Waals surface area contributed by atoms with Crippen LogP contribution >= 0.6 is 0 Å². The van der Waals surface area contributed by atoms with E-state index in [0.717, 1.165) is 42.2 Å². The van der Waals surface area contributed by atoms with Gasteiger partial charge < -0.3 is 15.1 Å². The van der Waals surface area contributed by atoms with Gasteiger partial charge in [-0.1, -0.05) is 42.5 Å². The Balaban J connectivity index is 1.40. The Bertz CT molecular complexity index is 932. The van der Waals surface area contributed by atoms with E-state index in [2.05, 4.69) is 17.1 Å². The first-order valence-corrected chi connectivity index (χ1v) is 9.82. The van der Waals surface area contributed by atoms with Crippen LogP contribution in [0.5, 0.6) is 0 Å². The molecule has 1 amide bonds. The fourth-order valence-corrected chi connectivity index (χ4v) is 3.59. The van der Waals surface area contributed by atoms with E-state index in [1.807, 2.05) is 47.4 Å². The van der Waals surface area contributed by atoms with Crippen molar-refractivity contribution >= 4 is 5.91 Å². The number of aryl methyl sites for hydroxylation is 2. The minimum absolute atomic E-state index is 0.0405. The molecule has 0 unspecified atom stereocenters. The van der Waals surface area contributed by atoms with E-state index >= 15 is 0 Å². The summed E-state index contributed by atoms with van der Waals surface area (Å²) in [5.41, 5.74) is 9.61. The number of rotatable bonds is 6. The number of fused-ring (bicyclic) bond motifs is 1. The number of benzene rings is 2. The fourth-order valence-electron chi connectivity index (χ4n) is 3.59. The Morgan fingerprint density at radius 1 is 1.00 bits per heavy atom. The van der Waals surface area contributed by atoms with Gasteiger partial charge in [-0.25, -0.2) is 4.98 Å². The molecule has 0 spiro atoms. The lowest BCUT2D eigenvalue weighted by Gasteiger charge is -2.25. The lowest BCUT2D eigenvalue weighted by molar-refractivity contribution is 0.0728. The first-order valence-electron chi connectivity index (χ1n) is 9.82. The standard InChI is InChI=1S/C23H25N3O2/c24-14-12-18-6-9-19(10-7-18)23(27)26-15-13-21-20(16-26)25-22(28-21)11-8-17-4-2-1-3-5-17/h1-7,9-10H,8,11-16,24H2. The number of carbonyl (C=O) groups excluding carboxylic acids is 1. The smallest absolute Gasteiger partial charge is 0.254 e. The number of hydrogen-bond acceptors (Lipinski definition) is 4. The molecule has 3 aromatic rings. The molecule has 0 aliphatic carbocycles. The summed E-state index contributed by atoms with van der Waals surface area (Å²) < 4.78 is 5.94. The van der Waals surface area contributed by atoms with Crippen molar-refractivity contribution in [3.8, 4) is 0 Å². The molecule has 5 heteroatoms. The summed E-state index contributed by atoms with van der Waals surface area (Å²) >= 11 is 0. The normalized spacial score (nSPS) is 13.4. The first-order chi connectivity index (χ1) is 13.7. The Labute approximate surface area is 165 Å². The first kappa shape index (κ1) is 18.4. The summed E-state index contributed by atoms with van der Waals surface area (Å²) in [6, 6.07) is 18.1. The predicted octanol–water partition coefficient (Wildman–Crippen LogP) is 3.16.